The summed E-state index contributed by atoms with van der Waals surface area (Å²) in [6, 6.07) is 8.02. The summed E-state index contributed by atoms with van der Waals surface area (Å²) in [5.74, 6) is -0.832. The second-order valence-electron chi connectivity index (χ2n) is 5.82. The summed E-state index contributed by atoms with van der Waals surface area (Å²) in [7, 11) is -3.73. The molecule has 0 radical (unpaired) electrons. The molecule has 0 bridgehead atoms. The van der Waals surface area contributed by atoms with Gasteiger partial charge in [0.2, 0.25) is 15.9 Å². The number of benzene rings is 1. The first-order valence-corrected chi connectivity index (χ1v) is 9.93. The van der Waals surface area contributed by atoms with Crippen LogP contribution in [0.1, 0.15) is 19.4 Å². The first kappa shape index (κ1) is 20.8. The van der Waals surface area contributed by atoms with Crippen molar-refractivity contribution < 1.29 is 17.6 Å². The maximum Gasteiger partial charge on any atom is 0.251 e. The molecule has 2 aromatic rings. The average Bonchev–Trinajstić information content (AvgIpc) is 2.63. The Hall–Kier alpha value is -2.52. The largest absolute Gasteiger partial charge is 0.350 e. The Labute approximate surface area is 157 Å². The van der Waals surface area contributed by atoms with Crippen molar-refractivity contribution in [2.75, 3.05) is 13.1 Å². The molecule has 0 aliphatic heterocycles. The van der Waals surface area contributed by atoms with E-state index in [1.54, 1.807) is 26.0 Å². The van der Waals surface area contributed by atoms with Gasteiger partial charge < -0.3 is 9.88 Å². The van der Waals surface area contributed by atoms with Crippen LogP contribution in [0.2, 0.25) is 0 Å². The highest BCUT2D eigenvalue weighted by atomic mass is 32.2. The molecule has 1 aromatic carbocycles. The van der Waals surface area contributed by atoms with E-state index < -0.39 is 21.5 Å². The van der Waals surface area contributed by atoms with E-state index in [4.69, 9.17) is 0 Å². The Kier molecular flexibility index (Phi) is 6.86. The molecule has 0 unspecified atom stereocenters. The number of hydrogen-bond donors (Lipinski definition) is 1. The summed E-state index contributed by atoms with van der Waals surface area (Å²) in [6.07, 6.45) is 1.17. The van der Waals surface area contributed by atoms with Crippen LogP contribution in [0.3, 0.4) is 0 Å². The first-order chi connectivity index (χ1) is 12.8. The van der Waals surface area contributed by atoms with Crippen molar-refractivity contribution in [3.63, 3.8) is 0 Å². The Morgan fingerprint density at radius 1 is 1.11 bits per heavy atom. The topological polar surface area (TPSA) is 88.5 Å². The number of nitrogens with zero attached hydrogens (tertiary/aromatic N) is 2. The molecule has 27 heavy (non-hydrogen) atoms. The zero-order valence-electron chi connectivity index (χ0n) is 15.2. The molecule has 1 heterocycles. The van der Waals surface area contributed by atoms with Crippen molar-refractivity contribution in [3.8, 4) is 0 Å². The molecule has 146 valence electrons. The minimum absolute atomic E-state index is 0.0443. The van der Waals surface area contributed by atoms with Gasteiger partial charge >= 0.3 is 0 Å². The fraction of sp³-hybridized carbons (Fsp3) is 0.333. The van der Waals surface area contributed by atoms with E-state index >= 15 is 0 Å². The molecular weight excluding hydrogens is 373 g/mol. The summed E-state index contributed by atoms with van der Waals surface area (Å²) >= 11 is 0. The molecule has 0 saturated heterocycles. The third-order valence-electron chi connectivity index (χ3n) is 4.02. The molecule has 0 aliphatic carbocycles. The van der Waals surface area contributed by atoms with Crippen molar-refractivity contribution >= 4 is 15.9 Å². The van der Waals surface area contributed by atoms with Gasteiger partial charge in [0.05, 0.1) is 4.90 Å². The number of amides is 1. The Morgan fingerprint density at radius 2 is 1.74 bits per heavy atom. The van der Waals surface area contributed by atoms with Crippen LogP contribution in [0.4, 0.5) is 4.39 Å². The van der Waals surface area contributed by atoms with Gasteiger partial charge in [0.15, 0.2) is 0 Å². The van der Waals surface area contributed by atoms with E-state index in [9.17, 15) is 22.4 Å². The number of aromatic nitrogens is 1. The van der Waals surface area contributed by atoms with Crippen LogP contribution in [0, 0.1) is 5.82 Å². The quantitative estimate of drug-likeness (QED) is 0.730. The lowest BCUT2D eigenvalue weighted by molar-refractivity contribution is -0.121. The summed E-state index contributed by atoms with van der Waals surface area (Å²) in [6.45, 7) is 3.90. The Bertz CT molecular complexity index is 951. The van der Waals surface area contributed by atoms with Gasteiger partial charge in [-0.25, -0.2) is 12.8 Å². The summed E-state index contributed by atoms with van der Waals surface area (Å²) in [4.78, 5) is 24.1. The number of sulfonamides is 1. The van der Waals surface area contributed by atoms with E-state index in [-0.39, 0.29) is 23.8 Å². The molecule has 0 spiro atoms. The molecule has 1 amide bonds. The standard InChI is InChI=1S/C18H22FN3O4S/c1-3-22(4-2)27(25,26)16-9-10-18(24)21(12-16)13-17(23)20-11-14-5-7-15(19)8-6-14/h5-10,12H,3-4,11,13H2,1-2H3,(H,20,23). The third kappa shape index (κ3) is 5.24. The highest BCUT2D eigenvalue weighted by Crippen LogP contribution is 2.13. The zero-order chi connectivity index (χ0) is 20.0. The summed E-state index contributed by atoms with van der Waals surface area (Å²) in [5, 5.41) is 2.62. The number of pyridine rings is 1. The van der Waals surface area contributed by atoms with Crippen molar-refractivity contribution in [1.82, 2.24) is 14.2 Å². The van der Waals surface area contributed by atoms with Crippen LogP contribution in [0.5, 0.6) is 0 Å². The minimum Gasteiger partial charge on any atom is -0.350 e. The maximum absolute atomic E-state index is 12.9. The first-order valence-electron chi connectivity index (χ1n) is 8.49. The van der Waals surface area contributed by atoms with Crippen LogP contribution in [0.25, 0.3) is 0 Å². The van der Waals surface area contributed by atoms with E-state index in [0.29, 0.717) is 18.7 Å². The van der Waals surface area contributed by atoms with Gasteiger partial charge in [0.25, 0.3) is 5.56 Å². The second kappa shape index (κ2) is 8.92. The number of nitrogens with one attached hydrogen (secondary N) is 1. The van der Waals surface area contributed by atoms with E-state index in [2.05, 4.69) is 5.32 Å². The molecule has 0 aliphatic rings. The van der Waals surface area contributed by atoms with Crippen molar-refractivity contribution in [2.45, 2.75) is 31.8 Å². The van der Waals surface area contributed by atoms with Gasteiger partial charge in [-0.3, -0.25) is 9.59 Å². The molecule has 0 atom stereocenters. The summed E-state index contributed by atoms with van der Waals surface area (Å²) < 4.78 is 40.3. The molecule has 0 saturated carbocycles. The third-order valence-corrected chi connectivity index (χ3v) is 6.05. The Balaban J connectivity index is 2.13. The van der Waals surface area contributed by atoms with E-state index in [1.165, 1.54) is 28.7 Å². The second-order valence-corrected chi connectivity index (χ2v) is 7.76. The highest BCUT2D eigenvalue weighted by molar-refractivity contribution is 7.89. The van der Waals surface area contributed by atoms with Crippen molar-refractivity contribution in [3.05, 3.63) is 64.3 Å². The molecule has 1 aromatic heterocycles. The van der Waals surface area contributed by atoms with Crippen LogP contribution in [-0.2, 0) is 27.9 Å². The molecule has 1 N–H and O–H groups in total. The molecule has 7 nitrogen and oxygen atoms in total. The number of hydrogen-bond acceptors (Lipinski definition) is 4. The molecule has 0 fully saturated rings. The lowest BCUT2D eigenvalue weighted by Gasteiger charge is -2.19. The lowest BCUT2D eigenvalue weighted by atomic mass is 10.2. The predicted molar refractivity (Wildman–Crippen MR) is 99.1 cm³/mol. The van der Waals surface area contributed by atoms with Gasteiger partial charge in [-0.05, 0) is 23.8 Å². The Morgan fingerprint density at radius 3 is 2.33 bits per heavy atom. The molecule has 2 rings (SSSR count). The van der Waals surface area contributed by atoms with Crippen LogP contribution >= 0.6 is 0 Å². The van der Waals surface area contributed by atoms with Crippen LogP contribution < -0.4 is 10.9 Å². The van der Waals surface area contributed by atoms with Crippen LogP contribution in [-0.4, -0.2) is 36.3 Å². The van der Waals surface area contributed by atoms with E-state index in [1.807, 2.05) is 0 Å². The zero-order valence-corrected chi connectivity index (χ0v) is 16.0. The van der Waals surface area contributed by atoms with Gasteiger partial charge in [0, 0.05) is 31.9 Å². The number of carbonyl (C=O) groups excluding carboxylic acids is 1. The molecule has 9 heteroatoms. The predicted octanol–water partition coefficient (Wildman–Crippen LogP) is 1.33. The lowest BCUT2D eigenvalue weighted by Crippen LogP contribution is -2.34. The van der Waals surface area contributed by atoms with Crippen LogP contribution in [0.15, 0.2) is 52.3 Å². The van der Waals surface area contributed by atoms with Gasteiger partial charge in [0.1, 0.15) is 12.4 Å². The fourth-order valence-corrected chi connectivity index (χ4v) is 3.99. The number of rotatable bonds is 8. The van der Waals surface area contributed by atoms with Gasteiger partial charge in [-0.15, -0.1) is 0 Å². The highest BCUT2D eigenvalue weighted by Gasteiger charge is 2.22. The number of carbonyl (C=O) groups is 1. The van der Waals surface area contributed by atoms with Gasteiger partial charge in [-0.2, -0.15) is 4.31 Å². The summed E-state index contributed by atoms with van der Waals surface area (Å²) in [5.41, 5.74) is 0.223. The maximum atomic E-state index is 12.9. The smallest absolute Gasteiger partial charge is 0.251 e. The molecular formula is C18H22FN3O4S. The minimum atomic E-state index is -3.73. The van der Waals surface area contributed by atoms with Gasteiger partial charge in [-0.1, -0.05) is 26.0 Å². The fourth-order valence-electron chi connectivity index (χ4n) is 2.51. The monoisotopic (exact) mass is 395 g/mol. The van der Waals surface area contributed by atoms with Crippen molar-refractivity contribution in [1.29, 1.82) is 0 Å². The number of halogens is 1. The SMILES string of the molecule is CCN(CC)S(=O)(=O)c1ccc(=O)n(CC(=O)NCc2ccc(F)cc2)c1. The average molecular weight is 395 g/mol. The normalized spacial score (nSPS) is 11.6. The van der Waals surface area contributed by atoms with Crippen molar-refractivity contribution in [2.24, 2.45) is 0 Å². The van der Waals surface area contributed by atoms with E-state index in [0.717, 1.165) is 10.6 Å².